The second kappa shape index (κ2) is 4.45. The molecule has 1 rings (SSSR count). The summed E-state index contributed by atoms with van der Waals surface area (Å²) in [7, 11) is 1.84. The Bertz CT molecular complexity index is 314. The van der Waals surface area contributed by atoms with E-state index in [0.717, 1.165) is 5.56 Å². The maximum absolute atomic E-state index is 11.0. The Labute approximate surface area is 77.3 Å². The SMILES string of the molecule is CC=CC(=O)NCc1cnn(C)c1. The highest BCUT2D eigenvalue weighted by molar-refractivity contribution is 5.87. The molecule has 0 aromatic carbocycles. The second-order valence-corrected chi connectivity index (χ2v) is 2.74. The molecule has 4 nitrogen and oxygen atoms in total. The van der Waals surface area contributed by atoms with E-state index in [1.54, 1.807) is 17.0 Å². The Morgan fingerprint density at radius 3 is 3.08 bits per heavy atom. The summed E-state index contributed by atoms with van der Waals surface area (Å²) in [5.41, 5.74) is 1.00. The van der Waals surface area contributed by atoms with Crippen molar-refractivity contribution in [3.63, 3.8) is 0 Å². The average molecular weight is 179 g/mol. The molecule has 1 heterocycles. The summed E-state index contributed by atoms with van der Waals surface area (Å²) in [5, 5.41) is 6.72. The molecule has 1 aromatic heterocycles. The highest BCUT2D eigenvalue weighted by Gasteiger charge is 1.97. The van der Waals surface area contributed by atoms with Gasteiger partial charge in [-0.3, -0.25) is 9.48 Å². The first-order valence-electron chi connectivity index (χ1n) is 4.10. The number of aryl methyl sites for hydroxylation is 1. The van der Waals surface area contributed by atoms with Gasteiger partial charge in [-0.2, -0.15) is 5.10 Å². The Morgan fingerprint density at radius 1 is 1.77 bits per heavy atom. The maximum Gasteiger partial charge on any atom is 0.243 e. The molecule has 0 saturated carbocycles. The molecule has 0 aliphatic rings. The highest BCUT2D eigenvalue weighted by atomic mass is 16.1. The lowest BCUT2D eigenvalue weighted by Gasteiger charge is -1.97. The van der Waals surface area contributed by atoms with Gasteiger partial charge in [-0.1, -0.05) is 6.08 Å². The summed E-state index contributed by atoms with van der Waals surface area (Å²) >= 11 is 0. The van der Waals surface area contributed by atoms with E-state index >= 15 is 0 Å². The van der Waals surface area contributed by atoms with Gasteiger partial charge in [0.15, 0.2) is 0 Å². The van der Waals surface area contributed by atoms with Crippen LogP contribution in [0.3, 0.4) is 0 Å². The number of hydrogen-bond donors (Lipinski definition) is 1. The van der Waals surface area contributed by atoms with Crippen LogP contribution in [0.2, 0.25) is 0 Å². The molecule has 0 aliphatic heterocycles. The number of nitrogens with one attached hydrogen (secondary N) is 1. The van der Waals surface area contributed by atoms with Gasteiger partial charge in [-0.05, 0) is 13.0 Å². The van der Waals surface area contributed by atoms with Crippen molar-refractivity contribution in [3.05, 3.63) is 30.1 Å². The standard InChI is InChI=1S/C9H13N3O/c1-3-4-9(13)10-5-8-6-11-12(2)7-8/h3-4,6-7H,5H2,1-2H3,(H,10,13). The van der Waals surface area contributed by atoms with Gasteiger partial charge in [-0.25, -0.2) is 0 Å². The van der Waals surface area contributed by atoms with Crippen molar-refractivity contribution in [2.24, 2.45) is 7.05 Å². The van der Waals surface area contributed by atoms with E-state index in [4.69, 9.17) is 0 Å². The predicted octanol–water partition coefficient (Wildman–Crippen LogP) is 0.612. The predicted molar refractivity (Wildman–Crippen MR) is 49.9 cm³/mol. The first-order chi connectivity index (χ1) is 6.22. The summed E-state index contributed by atoms with van der Waals surface area (Å²) in [6, 6.07) is 0. The minimum atomic E-state index is -0.0775. The molecule has 0 atom stereocenters. The van der Waals surface area contributed by atoms with Gasteiger partial charge in [0.05, 0.1) is 6.20 Å². The van der Waals surface area contributed by atoms with Gasteiger partial charge >= 0.3 is 0 Å². The average Bonchev–Trinajstić information content (AvgIpc) is 2.49. The summed E-state index contributed by atoms with van der Waals surface area (Å²) in [6.07, 6.45) is 6.81. The molecule has 0 spiro atoms. The summed E-state index contributed by atoms with van der Waals surface area (Å²) in [6.45, 7) is 2.33. The van der Waals surface area contributed by atoms with Crippen LogP contribution in [0.25, 0.3) is 0 Å². The lowest BCUT2D eigenvalue weighted by Crippen LogP contribution is -2.19. The van der Waals surface area contributed by atoms with Crippen molar-refractivity contribution in [2.45, 2.75) is 13.5 Å². The van der Waals surface area contributed by atoms with Crippen LogP contribution in [0.5, 0.6) is 0 Å². The van der Waals surface area contributed by atoms with Crippen LogP contribution >= 0.6 is 0 Å². The summed E-state index contributed by atoms with van der Waals surface area (Å²) < 4.78 is 1.71. The molecule has 1 aromatic rings. The van der Waals surface area contributed by atoms with Gasteiger partial charge in [0.2, 0.25) is 5.91 Å². The normalized spacial score (nSPS) is 10.6. The number of aromatic nitrogens is 2. The van der Waals surface area contributed by atoms with E-state index in [9.17, 15) is 4.79 Å². The molecule has 0 radical (unpaired) electrons. The molecule has 1 N–H and O–H groups in total. The van der Waals surface area contributed by atoms with E-state index < -0.39 is 0 Å². The fourth-order valence-corrected chi connectivity index (χ4v) is 0.963. The molecule has 0 aliphatic carbocycles. The lowest BCUT2D eigenvalue weighted by atomic mass is 10.3. The van der Waals surface area contributed by atoms with Crippen LogP contribution < -0.4 is 5.32 Å². The zero-order valence-corrected chi connectivity index (χ0v) is 7.82. The molecule has 0 fully saturated rings. The van der Waals surface area contributed by atoms with Crippen LogP contribution in [0.1, 0.15) is 12.5 Å². The Morgan fingerprint density at radius 2 is 2.54 bits per heavy atom. The fraction of sp³-hybridized carbons (Fsp3) is 0.333. The van der Waals surface area contributed by atoms with E-state index in [-0.39, 0.29) is 5.91 Å². The monoisotopic (exact) mass is 179 g/mol. The smallest absolute Gasteiger partial charge is 0.243 e. The number of rotatable bonds is 3. The largest absolute Gasteiger partial charge is 0.348 e. The molecule has 1 amide bonds. The van der Waals surface area contributed by atoms with Crippen LogP contribution in [0.4, 0.5) is 0 Å². The molecular formula is C9H13N3O. The van der Waals surface area contributed by atoms with E-state index in [0.29, 0.717) is 6.54 Å². The number of nitrogens with zero attached hydrogens (tertiary/aromatic N) is 2. The fourth-order valence-electron chi connectivity index (χ4n) is 0.963. The molecule has 0 saturated heterocycles. The summed E-state index contributed by atoms with van der Waals surface area (Å²) in [5.74, 6) is -0.0775. The zero-order valence-electron chi connectivity index (χ0n) is 7.82. The first kappa shape index (κ1) is 9.51. The molecule has 0 unspecified atom stereocenters. The first-order valence-corrected chi connectivity index (χ1v) is 4.10. The molecular weight excluding hydrogens is 166 g/mol. The third-order valence-corrected chi connectivity index (χ3v) is 1.54. The second-order valence-electron chi connectivity index (χ2n) is 2.74. The minimum absolute atomic E-state index is 0.0775. The highest BCUT2D eigenvalue weighted by Crippen LogP contribution is 1.94. The molecule has 0 bridgehead atoms. The lowest BCUT2D eigenvalue weighted by molar-refractivity contribution is -0.116. The van der Waals surface area contributed by atoms with Gasteiger partial charge in [0, 0.05) is 25.4 Å². The van der Waals surface area contributed by atoms with Gasteiger partial charge in [0.1, 0.15) is 0 Å². The van der Waals surface area contributed by atoms with Crippen LogP contribution in [-0.2, 0) is 18.4 Å². The van der Waals surface area contributed by atoms with Gasteiger partial charge < -0.3 is 5.32 Å². The van der Waals surface area contributed by atoms with Crippen molar-refractivity contribution in [2.75, 3.05) is 0 Å². The van der Waals surface area contributed by atoms with Crippen molar-refractivity contribution in [3.8, 4) is 0 Å². The Hall–Kier alpha value is -1.58. The zero-order chi connectivity index (χ0) is 9.68. The molecule has 4 heteroatoms. The minimum Gasteiger partial charge on any atom is -0.348 e. The van der Waals surface area contributed by atoms with Crippen LogP contribution in [0.15, 0.2) is 24.5 Å². The van der Waals surface area contributed by atoms with E-state index in [1.165, 1.54) is 6.08 Å². The maximum atomic E-state index is 11.0. The molecule has 13 heavy (non-hydrogen) atoms. The number of amides is 1. The summed E-state index contributed by atoms with van der Waals surface area (Å²) in [4.78, 5) is 11.0. The number of allylic oxidation sites excluding steroid dienone is 1. The Kier molecular flexibility index (Phi) is 3.25. The van der Waals surface area contributed by atoms with Crippen molar-refractivity contribution >= 4 is 5.91 Å². The number of carbonyl (C=O) groups is 1. The van der Waals surface area contributed by atoms with E-state index in [2.05, 4.69) is 10.4 Å². The topological polar surface area (TPSA) is 46.9 Å². The van der Waals surface area contributed by atoms with Crippen LogP contribution in [0, 0.1) is 0 Å². The van der Waals surface area contributed by atoms with Crippen molar-refractivity contribution in [1.29, 1.82) is 0 Å². The van der Waals surface area contributed by atoms with Crippen molar-refractivity contribution < 1.29 is 4.79 Å². The number of carbonyl (C=O) groups excluding carboxylic acids is 1. The third-order valence-electron chi connectivity index (χ3n) is 1.54. The quantitative estimate of drug-likeness (QED) is 0.691. The van der Waals surface area contributed by atoms with Crippen molar-refractivity contribution in [1.82, 2.24) is 15.1 Å². The number of hydrogen-bond acceptors (Lipinski definition) is 2. The van der Waals surface area contributed by atoms with Gasteiger partial charge in [-0.15, -0.1) is 0 Å². The van der Waals surface area contributed by atoms with E-state index in [1.807, 2.05) is 20.2 Å². The van der Waals surface area contributed by atoms with Gasteiger partial charge in [0.25, 0.3) is 0 Å². The third kappa shape index (κ3) is 3.11. The Balaban J connectivity index is 2.39. The van der Waals surface area contributed by atoms with Crippen LogP contribution in [-0.4, -0.2) is 15.7 Å². The molecule has 70 valence electrons.